The molecule has 35 heavy (non-hydrogen) atoms. The Morgan fingerprint density at radius 3 is 2.54 bits per heavy atom. The maximum absolute atomic E-state index is 11.2. The highest BCUT2D eigenvalue weighted by atomic mass is 35.5. The van der Waals surface area contributed by atoms with E-state index in [0.717, 1.165) is 42.3 Å². The lowest BCUT2D eigenvalue weighted by Crippen LogP contribution is -2.34. The highest BCUT2D eigenvalue weighted by Gasteiger charge is 2.48. The molecule has 0 amide bonds. The van der Waals surface area contributed by atoms with Gasteiger partial charge in [-0.15, -0.1) is 0 Å². The number of nitrogens with zero attached hydrogens (tertiary/aromatic N) is 1. The Labute approximate surface area is 207 Å². The lowest BCUT2D eigenvalue weighted by Gasteiger charge is -2.26. The summed E-state index contributed by atoms with van der Waals surface area (Å²) in [5, 5.41) is 19.7. The number of aromatic amines is 1. The van der Waals surface area contributed by atoms with E-state index in [1.165, 1.54) is 5.56 Å². The molecule has 3 aromatic rings. The summed E-state index contributed by atoms with van der Waals surface area (Å²) in [5.41, 5.74) is 4.34. The van der Waals surface area contributed by atoms with Gasteiger partial charge >= 0.3 is 5.97 Å². The van der Waals surface area contributed by atoms with Gasteiger partial charge in [-0.3, -0.25) is 4.79 Å². The van der Waals surface area contributed by atoms with Crippen LogP contribution in [0.25, 0.3) is 22.3 Å². The molecule has 1 aliphatic carbocycles. The van der Waals surface area contributed by atoms with E-state index >= 15 is 0 Å². The number of carboxylic acid groups (broad SMARTS) is 1. The Bertz CT molecular complexity index is 1240. The van der Waals surface area contributed by atoms with E-state index in [1.54, 1.807) is 0 Å². The van der Waals surface area contributed by atoms with Gasteiger partial charge in [0.25, 0.3) is 0 Å². The molecule has 0 bridgehead atoms. The van der Waals surface area contributed by atoms with Gasteiger partial charge in [0.1, 0.15) is 18.3 Å². The molecule has 3 aliphatic rings. The summed E-state index contributed by atoms with van der Waals surface area (Å²) in [4.78, 5) is 19.2. The number of H-pyrrole nitrogens is 1. The number of nitrogens with one attached hydrogen (secondary N) is 1. The number of hydrogen-bond donors (Lipinski definition) is 3. The molecule has 3 fully saturated rings. The molecule has 0 spiro atoms. The standard InChI is InChI=1S/C26H27ClN2O6/c27-17-9-18-19(10-22(28-18)35-21-12-34-24-20(30)11-33-25(21)24)29-23(17)15-5-1-13(2-6-15)14-3-7-16(8-4-14)26(31)32/h1-2,5-6,9-10,14,16,20-21,24-25,28,30H,3-4,7-8,11-12H2,(H,31,32)/t14-,16-,20-,21-,24-,25-/m1/s1. The highest BCUT2D eigenvalue weighted by Crippen LogP contribution is 2.38. The minimum atomic E-state index is -0.681. The van der Waals surface area contributed by atoms with Crippen LogP contribution in [0.15, 0.2) is 36.4 Å². The number of halogens is 1. The number of carboxylic acids is 1. The van der Waals surface area contributed by atoms with Crippen LogP contribution in [0.5, 0.6) is 5.88 Å². The van der Waals surface area contributed by atoms with E-state index in [2.05, 4.69) is 17.1 Å². The maximum atomic E-state index is 11.2. The summed E-state index contributed by atoms with van der Waals surface area (Å²) < 4.78 is 17.3. The zero-order valence-corrected chi connectivity index (χ0v) is 19.8. The molecular formula is C26H27ClN2O6. The second-order valence-electron chi connectivity index (χ2n) is 9.71. The van der Waals surface area contributed by atoms with Gasteiger partial charge in [-0.2, -0.15) is 0 Å². The van der Waals surface area contributed by atoms with Gasteiger partial charge in [0.15, 0.2) is 12.0 Å². The average Bonchev–Trinajstić information content (AvgIpc) is 3.55. The molecule has 4 atom stereocenters. The van der Waals surface area contributed by atoms with Crippen molar-refractivity contribution in [1.82, 2.24) is 9.97 Å². The predicted octanol–water partition coefficient (Wildman–Crippen LogP) is 4.15. The summed E-state index contributed by atoms with van der Waals surface area (Å²) in [6.07, 6.45) is 1.68. The fraction of sp³-hybridized carbons (Fsp3) is 0.462. The van der Waals surface area contributed by atoms with Crippen LogP contribution in [0.4, 0.5) is 0 Å². The van der Waals surface area contributed by atoms with Crippen LogP contribution in [0.3, 0.4) is 0 Å². The molecule has 3 N–H and O–H groups in total. The van der Waals surface area contributed by atoms with Gasteiger partial charge in [-0.05, 0) is 43.2 Å². The molecule has 1 aromatic carbocycles. The van der Waals surface area contributed by atoms with Gasteiger partial charge in [-0.25, -0.2) is 4.98 Å². The SMILES string of the molecule is O=C(O)[C@H]1CC[C@H](c2ccc(-c3nc4cc(O[C@@H]5CO[C@H]6[C@@H]5OC[C@H]6O)[nH]c4cc3Cl)cc2)CC1. The molecule has 8 nitrogen and oxygen atoms in total. The lowest BCUT2D eigenvalue weighted by atomic mass is 9.78. The van der Waals surface area contributed by atoms with Crippen molar-refractivity contribution in [1.29, 1.82) is 0 Å². The second kappa shape index (κ2) is 9.09. The van der Waals surface area contributed by atoms with E-state index in [-0.39, 0.29) is 30.8 Å². The van der Waals surface area contributed by atoms with E-state index in [1.807, 2.05) is 24.3 Å². The molecule has 184 valence electrons. The molecule has 4 heterocycles. The van der Waals surface area contributed by atoms with E-state index in [0.29, 0.717) is 29.1 Å². The molecule has 2 aliphatic heterocycles. The Morgan fingerprint density at radius 2 is 1.80 bits per heavy atom. The smallest absolute Gasteiger partial charge is 0.306 e. The highest BCUT2D eigenvalue weighted by molar-refractivity contribution is 6.33. The fourth-order valence-electron chi connectivity index (χ4n) is 5.57. The zero-order chi connectivity index (χ0) is 24.1. The van der Waals surface area contributed by atoms with Crippen LogP contribution < -0.4 is 4.74 Å². The third-order valence-corrected chi connectivity index (χ3v) is 7.81. The summed E-state index contributed by atoms with van der Waals surface area (Å²) in [7, 11) is 0. The number of aliphatic carboxylic acids is 1. The summed E-state index contributed by atoms with van der Waals surface area (Å²) in [6.45, 7) is 0.607. The molecule has 0 radical (unpaired) electrons. The topological polar surface area (TPSA) is 114 Å². The Balaban J connectivity index is 1.18. The van der Waals surface area contributed by atoms with Crippen LogP contribution in [-0.4, -0.2) is 63.8 Å². The predicted molar refractivity (Wildman–Crippen MR) is 129 cm³/mol. The molecule has 6 rings (SSSR count). The van der Waals surface area contributed by atoms with E-state index in [4.69, 9.17) is 30.8 Å². The molecular weight excluding hydrogens is 472 g/mol. The molecule has 2 saturated heterocycles. The van der Waals surface area contributed by atoms with Gasteiger partial charge in [0, 0.05) is 11.6 Å². The monoisotopic (exact) mass is 498 g/mol. The third-order valence-electron chi connectivity index (χ3n) is 7.52. The normalized spacial score (nSPS) is 30.5. The average molecular weight is 499 g/mol. The van der Waals surface area contributed by atoms with Crippen molar-refractivity contribution in [3.05, 3.63) is 47.0 Å². The number of aliphatic hydroxyl groups is 1. The number of benzene rings is 1. The zero-order valence-electron chi connectivity index (χ0n) is 19.0. The number of fused-ring (bicyclic) bond motifs is 2. The fourth-order valence-corrected chi connectivity index (χ4v) is 5.83. The number of aliphatic hydroxyl groups excluding tert-OH is 1. The van der Waals surface area contributed by atoms with Crippen LogP contribution in [0, 0.1) is 5.92 Å². The van der Waals surface area contributed by atoms with Crippen LogP contribution in [-0.2, 0) is 14.3 Å². The van der Waals surface area contributed by atoms with Crippen molar-refractivity contribution in [3.63, 3.8) is 0 Å². The Kier molecular flexibility index (Phi) is 5.92. The van der Waals surface area contributed by atoms with E-state index < -0.39 is 12.1 Å². The first kappa shape index (κ1) is 22.8. The summed E-state index contributed by atoms with van der Waals surface area (Å²) in [5.74, 6) is 0.0429. The Hall–Kier alpha value is -2.65. The third kappa shape index (κ3) is 4.29. The first-order valence-electron chi connectivity index (χ1n) is 12.1. The number of carbonyl (C=O) groups is 1. The van der Waals surface area contributed by atoms with E-state index in [9.17, 15) is 15.0 Å². The van der Waals surface area contributed by atoms with Crippen LogP contribution in [0.2, 0.25) is 5.02 Å². The molecule has 0 unspecified atom stereocenters. The van der Waals surface area contributed by atoms with Gasteiger partial charge in [0.2, 0.25) is 0 Å². The minimum Gasteiger partial charge on any atom is -0.481 e. The maximum Gasteiger partial charge on any atom is 0.306 e. The lowest BCUT2D eigenvalue weighted by molar-refractivity contribution is -0.142. The number of rotatable bonds is 5. The van der Waals surface area contributed by atoms with Gasteiger partial charge in [-0.1, -0.05) is 35.9 Å². The first-order chi connectivity index (χ1) is 17.0. The van der Waals surface area contributed by atoms with Crippen molar-refractivity contribution in [2.24, 2.45) is 5.92 Å². The summed E-state index contributed by atoms with van der Waals surface area (Å²) in [6, 6.07) is 11.9. The van der Waals surface area contributed by atoms with Gasteiger partial charge in [0.05, 0.1) is 40.9 Å². The second-order valence-corrected chi connectivity index (χ2v) is 10.1. The summed E-state index contributed by atoms with van der Waals surface area (Å²) >= 11 is 6.59. The van der Waals surface area contributed by atoms with Crippen LogP contribution in [0.1, 0.15) is 37.2 Å². The molecule has 9 heteroatoms. The number of ether oxygens (including phenoxy) is 3. The number of aromatic nitrogens is 2. The number of hydrogen-bond acceptors (Lipinski definition) is 6. The quantitative estimate of drug-likeness (QED) is 0.484. The van der Waals surface area contributed by atoms with Crippen molar-refractivity contribution >= 4 is 28.6 Å². The van der Waals surface area contributed by atoms with Crippen LogP contribution >= 0.6 is 11.6 Å². The Morgan fingerprint density at radius 1 is 1.06 bits per heavy atom. The number of pyridine rings is 1. The first-order valence-corrected chi connectivity index (χ1v) is 12.4. The van der Waals surface area contributed by atoms with Crippen molar-refractivity contribution in [3.8, 4) is 17.1 Å². The van der Waals surface area contributed by atoms with Crippen molar-refractivity contribution in [2.45, 2.75) is 56.0 Å². The van der Waals surface area contributed by atoms with Gasteiger partial charge < -0.3 is 29.4 Å². The molecule has 2 aromatic heterocycles. The minimum absolute atomic E-state index is 0.213. The van der Waals surface area contributed by atoms with Crippen molar-refractivity contribution < 1.29 is 29.2 Å². The largest absolute Gasteiger partial charge is 0.481 e. The van der Waals surface area contributed by atoms with Crippen molar-refractivity contribution in [2.75, 3.05) is 13.2 Å². The molecule has 1 saturated carbocycles.